The fourth-order valence-corrected chi connectivity index (χ4v) is 2.75. The van der Waals surface area contributed by atoms with Crippen LogP contribution >= 0.6 is 0 Å². The first kappa shape index (κ1) is 17.3. The van der Waals surface area contributed by atoms with Gasteiger partial charge in [0.25, 0.3) is 0 Å². The van der Waals surface area contributed by atoms with Crippen molar-refractivity contribution in [2.24, 2.45) is 5.92 Å². The molecule has 1 saturated heterocycles. The molecule has 2 rings (SSSR count). The Balaban J connectivity index is 1.95. The molecule has 5 nitrogen and oxygen atoms in total. The highest BCUT2D eigenvalue weighted by molar-refractivity contribution is 5.83. The van der Waals surface area contributed by atoms with Gasteiger partial charge in [-0.1, -0.05) is 19.1 Å². The van der Waals surface area contributed by atoms with Crippen LogP contribution in [0.25, 0.3) is 0 Å². The van der Waals surface area contributed by atoms with Crippen LogP contribution in [0.3, 0.4) is 0 Å². The second-order valence-electron chi connectivity index (χ2n) is 6.29. The van der Waals surface area contributed by atoms with Crippen LogP contribution in [-0.2, 0) is 16.1 Å². The topological polar surface area (TPSA) is 49.9 Å². The Labute approximate surface area is 138 Å². The van der Waals surface area contributed by atoms with E-state index in [1.54, 1.807) is 12.0 Å². The van der Waals surface area contributed by atoms with Crippen molar-refractivity contribution >= 4 is 11.8 Å². The van der Waals surface area contributed by atoms with Gasteiger partial charge in [-0.2, -0.15) is 0 Å². The fourth-order valence-electron chi connectivity index (χ4n) is 2.75. The van der Waals surface area contributed by atoms with Gasteiger partial charge in [0.05, 0.1) is 7.11 Å². The Bertz CT molecular complexity index is 534. The summed E-state index contributed by atoms with van der Waals surface area (Å²) in [6, 6.07) is 7.56. The standard InChI is InChI=1S/C18H26N2O3/c1-14-8-10-19(11-9-14)18(22)13-20(15(2)21)12-16-4-6-17(23-3)7-5-16/h4-7,14H,8-13H2,1-3H3. The Kier molecular flexibility index (Phi) is 6.02. The van der Waals surface area contributed by atoms with E-state index in [1.165, 1.54) is 6.92 Å². The number of carbonyl (C=O) groups excluding carboxylic acids is 2. The first-order valence-corrected chi connectivity index (χ1v) is 8.16. The molecule has 1 heterocycles. The van der Waals surface area contributed by atoms with Gasteiger partial charge >= 0.3 is 0 Å². The molecule has 2 amide bonds. The van der Waals surface area contributed by atoms with Crippen molar-refractivity contribution < 1.29 is 14.3 Å². The first-order valence-electron chi connectivity index (χ1n) is 8.16. The largest absolute Gasteiger partial charge is 0.497 e. The Morgan fingerprint density at radius 2 is 1.83 bits per heavy atom. The smallest absolute Gasteiger partial charge is 0.242 e. The summed E-state index contributed by atoms with van der Waals surface area (Å²) in [7, 11) is 1.62. The highest BCUT2D eigenvalue weighted by Gasteiger charge is 2.23. The van der Waals surface area contributed by atoms with Gasteiger partial charge in [0.2, 0.25) is 11.8 Å². The molecule has 0 atom stereocenters. The number of ether oxygens (including phenoxy) is 1. The molecule has 1 aromatic carbocycles. The van der Waals surface area contributed by atoms with Gasteiger partial charge in [0, 0.05) is 26.6 Å². The number of hydrogen-bond acceptors (Lipinski definition) is 3. The van der Waals surface area contributed by atoms with E-state index in [4.69, 9.17) is 4.74 Å². The summed E-state index contributed by atoms with van der Waals surface area (Å²) in [5.41, 5.74) is 0.987. The van der Waals surface area contributed by atoms with E-state index in [0.29, 0.717) is 12.5 Å². The third-order valence-electron chi connectivity index (χ3n) is 4.44. The normalized spacial score (nSPS) is 15.3. The summed E-state index contributed by atoms with van der Waals surface area (Å²) in [5.74, 6) is 1.42. The Morgan fingerprint density at radius 3 is 2.35 bits per heavy atom. The molecule has 0 radical (unpaired) electrons. The zero-order valence-electron chi connectivity index (χ0n) is 14.2. The van der Waals surface area contributed by atoms with Gasteiger partial charge < -0.3 is 14.5 Å². The maximum absolute atomic E-state index is 12.4. The summed E-state index contributed by atoms with van der Waals surface area (Å²) in [4.78, 5) is 27.8. The van der Waals surface area contributed by atoms with E-state index in [1.807, 2.05) is 29.2 Å². The van der Waals surface area contributed by atoms with Crippen LogP contribution in [0.5, 0.6) is 5.75 Å². The third-order valence-corrected chi connectivity index (χ3v) is 4.44. The average Bonchev–Trinajstić information content (AvgIpc) is 2.55. The van der Waals surface area contributed by atoms with Crippen LogP contribution in [0.15, 0.2) is 24.3 Å². The lowest BCUT2D eigenvalue weighted by Crippen LogP contribution is -2.44. The number of rotatable bonds is 5. The number of amides is 2. The van der Waals surface area contributed by atoms with Crippen molar-refractivity contribution in [3.63, 3.8) is 0 Å². The quantitative estimate of drug-likeness (QED) is 0.837. The van der Waals surface area contributed by atoms with Gasteiger partial charge in [-0.3, -0.25) is 9.59 Å². The molecule has 0 saturated carbocycles. The van der Waals surface area contributed by atoms with Crippen LogP contribution in [0.4, 0.5) is 0 Å². The number of hydrogen-bond donors (Lipinski definition) is 0. The predicted molar refractivity (Wildman–Crippen MR) is 89.1 cm³/mol. The van der Waals surface area contributed by atoms with E-state index in [-0.39, 0.29) is 18.4 Å². The minimum Gasteiger partial charge on any atom is -0.497 e. The summed E-state index contributed by atoms with van der Waals surface area (Å²) >= 11 is 0. The second-order valence-corrected chi connectivity index (χ2v) is 6.29. The van der Waals surface area contributed by atoms with Gasteiger partial charge in [-0.25, -0.2) is 0 Å². The van der Waals surface area contributed by atoms with Crippen LogP contribution < -0.4 is 4.74 Å². The molecular weight excluding hydrogens is 292 g/mol. The van der Waals surface area contributed by atoms with Crippen molar-refractivity contribution in [3.8, 4) is 5.75 Å². The number of benzene rings is 1. The van der Waals surface area contributed by atoms with E-state index >= 15 is 0 Å². The number of likely N-dealkylation sites (tertiary alicyclic amines) is 1. The maximum Gasteiger partial charge on any atom is 0.242 e. The molecule has 0 aromatic heterocycles. The van der Waals surface area contributed by atoms with Crippen molar-refractivity contribution in [2.45, 2.75) is 33.2 Å². The molecule has 0 N–H and O–H groups in total. The number of piperidine rings is 1. The lowest BCUT2D eigenvalue weighted by atomic mass is 9.99. The van der Waals surface area contributed by atoms with E-state index in [0.717, 1.165) is 37.2 Å². The highest BCUT2D eigenvalue weighted by Crippen LogP contribution is 2.17. The molecule has 126 valence electrons. The lowest BCUT2D eigenvalue weighted by Gasteiger charge is -2.32. The number of methoxy groups -OCH3 is 1. The van der Waals surface area contributed by atoms with E-state index < -0.39 is 0 Å². The molecule has 0 bridgehead atoms. The predicted octanol–water partition coefficient (Wildman–Crippen LogP) is 2.30. The Hall–Kier alpha value is -2.04. The molecule has 1 fully saturated rings. The highest BCUT2D eigenvalue weighted by atomic mass is 16.5. The molecule has 0 unspecified atom stereocenters. The van der Waals surface area contributed by atoms with Crippen molar-refractivity contribution in [3.05, 3.63) is 29.8 Å². The third kappa shape index (κ3) is 4.98. The summed E-state index contributed by atoms with van der Waals surface area (Å²) in [6.07, 6.45) is 2.09. The minimum absolute atomic E-state index is 0.0422. The van der Waals surface area contributed by atoms with E-state index in [9.17, 15) is 9.59 Å². The maximum atomic E-state index is 12.4. The van der Waals surface area contributed by atoms with Crippen molar-refractivity contribution in [1.29, 1.82) is 0 Å². The van der Waals surface area contributed by atoms with Gasteiger partial charge in [0.1, 0.15) is 12.3 Å². The zero-order chi connectivity index (χ0) is 16.8. The molecule has 23 heavy (non-hydrogen) atoms. The Morgan fingerprint density at radius 1 is 1.22 bits per heavy atom. The summed E-state index contributed by atoms with van der Waals surface area (Å²) < 4.78 is 5.13. The summed E-state index contributed by atoms with van der Waals surface area (Å²) in [5, 5.41) is 0. The van der Waals surface area contributed by atoms with Crippen LogP contribution in [-0.4, -0.2) is 48.4 Å². The molecule has 0 spiro atoms. The van der Waals surface area contributed by atoms with Crippen molar-refractivity contribution in [1.82, 2.24) is 9.80 Å². The van der Waals surface area contributed by atoms with E-state index in [2.05, 4.69) is 6.92 Å². The molecule has 5 heteroatoms. The van der Waals surface area contributed by atoms with Crippen LogP contribution in [0.2, 0.25) is 0 Å². The molecule has 1 aromatic rings. The van der Waals surface area contributed by atoms with Gasteiger partial charge in [-0.05, 0) is 36.5 Å². The SMILES string of the molecule is COc1ccc(CN(CC(=O)N2CCC(C)CC2)C(C)=O)cc1. The van der Waals surface area contributed by atoms with Crippen molar-refractivity contribution in [2.75, 3.05) is 26.7 Å². The minimum atomic E-state index is -0.0838. The lowest BCUT2D eigenvalue weighted by molar-refractivity contribution is -0.140. The monoisotopic (exact) mass is 318 g/mol. The molecule has 1 aliphatic rings. The van der Waals surface area contributed by atoms with Gasteiger partial charge in [-0.15, -0.1) is 0 Å². The van der Waals surface area contributed by atoms with Crippen LogP contribution in [0.1, 0.15) is 32.3 Å². The molecule has 1 aliphatic heterocycles. The number of nitrogens with zero attached hydrogens (tertiary/aromatic N) is 2. The molecule has 0 aliphatic carbocycles. The average molecular weight is 318 g/mol. The van der Waals surface area contributed by atoms with Gasteiger partial charge in [0.15, 0.2) is 0 Å². The van der Waals surface area contributed by atoms with Crippen LogP contribution in [0, 0.1) is 5.92 Å². The zero-order valence-corrected chi connectivity index (χ0v) is 14.2. The second kappa shape index (κ2) is 7.99. The summed E-state index contributed by atoms with van der Waals surface area (Å²) in [6.45, 7) is 5.91. The molecular formula is C18H26N2O3. The first-order chi connectivity index (χ1) is 11.0. The number of carbonyl (C=O) groups is 2. The fraction of sp³-hybridized carbons (Fsp3) is 0.556.